The SMILES string of the molecule is CC(C)(C)c1ccc(S(=O)(=O)Nc2cc(Cl)cnc2C(=O)N2CCNc3ccccc32)cc1.CC(C)(C)c1ccc(S(=O)(=O)Nc2cc(Cl)cnc2C(=O)c2cc[n+]3c(c2)=NCC=3)cc1.CC(C)(C)c1ccc(S(=O)(=O)Nc2cc(Cl)cnc2C(=O)c2cccc(N)n2)cc1.CN(C(=O)c1ncc(Cl)cc1NS(=O)(=O)c1ccc(C(C)(C)C)cc1)c1ccccc1F.CS(=O)(=O)Nc1ccc(Cl)cc1C(=O)c1ccncc1. The van der Waals surface area contributed by atoms with Crippen LogP contribution in [0.3, 0.4) is 0 Å². The first-order valence-electron chi connectivity index (χ1n) is 44.8. The van der Waals surface area contributed by atoms with Crippen molar-refractivity contribution in [3.05, 3.63) is 384 Å². The number of ketones is 3. The first-order chi connectivity index (χ1) is 68.8. The highest BCUT2D eigenvalue weighted by Gasteiger charge is 2.33. The highest BCUT2D eigenvalue weighted by atomic mass is 35.5. The van der Waals surface area contributed by atoms with Gasteiger partial charge in [-0.2, -0.15) is 0 Å². The minimum absolute atomic E-state index is 0.0130. The average Bonchev–Trinajstić information content (AvgIpc) is 1.57. The van der Waals surface area contributed by atoms with Gasteiger partial charge in [0, 0.05) is 85.1 Å². The summed E-state index contributed by atoms with van der Waals surface area (Å²) in [5, 5.41) is 4.33. The molecule has 8 N–H and O–H groups in total. The van der Waals surface area contributed by atoms with Crippen molar-refractivity contribution in [3.8, 4) is 0 Å². The first-order valence-corrected chi connectivity index (χ1v) is 54.5. The second-order valence-electron chi connectivity index (χ2n) is 37.4. The van der Waals surface area contributed by atoms with Crippen LogP contribution < -0.4 is 54.2 Å². The molecular weight excluding hydrogens is 2080 g/mol. The van der Waals surface area contributed by atoms with Crippen molar-refractivity contribution in [2.45, 2.75) is 124 Å². The van der Waals surface area contributed by atoms with E-state index in [0.29, 0.717) is 47.0 Å². The van der Waals surface area contributed by atoms with Crippen LogP contribution in [0.25, 0.3) is 0 Å². The van der Waals surface area contributed by atoms with Crippen LogP contribution in [0.1, 0.15) is 174 Å². The van der Waals surface area contributed by atoms with Crippen molar-refractivity contribution in [1.29, 1.82) is 0 Å². The van der Waals surface area contributed by atoms with Crippen LogP contribution in [-0.2, 0) is 71.8 Å². The van der Waals surface area contributed by atoms with Gasteiger partial charge in [0.1, 0.15) is 34.9 Å². The third-order valence-electron chi connectivity index (χ3n) is 22.2. The van der Waals surface area contributed by atoms with Crippen LogP contribution >= 0.6 is 58.0 Å². The van der Waals surface area contributed by atoms with E-state index in [0.717, 1.165) is 39.1 Å². The Bertz CT molecular complexity index is 8140. The number of sulfonamides is 5. The van der Waals surface area contributed by atoms with Gasteiger partial charge in [-0.3, -0.25) is 52.6 Å². The Balaban J connectivity index is 0.000000165. The zero-order valence-corrected chi connectivity index (χ0v) is 89.5. The lowest BCUT2D eigenvalue weighted by Gasteiger charge is -2.30. The third kappa shape index (κ3) is 29.0. The number of nitrogens with two attached hydrogens (primary N) is 1. The smallest absolute Gasteiger partial charge is 0.322 e. The number of hydrogen-bond donors (Lipinski definition) is 7. The van der Waals surface area contributed by atoms with Gasteiger partial charge in [0.25, 0.3) is 51.9 Å². The summed E-state index contributed by atoms with van der Waals surface area (Å²) in [6, 6.07) is 60.3. The Kier molecular flexibility index (Phi) is 34.9. The van der Waals surface area contributed by atoms with Gasteiger partial charge >= 0.3 is 5.49 Å². The van der Waals surface area contributed by atoms with Crippen LogP contribution in [0, 0.1) is 12.0 Å². The van der Waals surface area contributed by atoms with Crippen molar-refractivity contribution in [2.75, 3.05) is 77.4 Å². The fourth-order valence-electron chi connectivity index (χ4n) is 14.4. The molecule has 43 heteroatoms. The number of hydrogen-bond acceptors (Lipinski definition) is 24. The van der Waals surface area contributed by atoms with E-state index < -0.39 is 79.3 Å². The minimum atomic E-state index is -4.04. The normalized spacial score (nSPS) is 12.4. The number of para-hydroxylation sites is 3. The fourth-order valence-corrected chi connectivity index (χ4v) is 20.0. The number of nitrogens with zero attached hydrogens (tertiary/aromatic N) is 10. The number of carbonyl (C=O) groups is 5. The highest BCUT2D eigenvalue weighted by molar-refractivity contribution is 7.93. The van der Waals surface area contributed by atoms with Gasteiger partial charge in [0.15, 0.2) is 23.7 Å². The maximum Gasteiger partial charge on any atom is 0.322 e. The summed E-state index contributed by atoms with van der Waals surface area (Å²) in [4.78, 5) is 96.1. The fraction of sp³-hybridized carbons (Fsp3) is 0.202. The molecule has 32 nitrogen and oxygen atoms in total. The van der Waals surface area contributed by atoms with E-state index >= 15 is 0 Å². The van der Waals surface area contributed by atoms with E-state index in [1.165, 1.54) is 153 Å². The molecule has 0 radical (unpaired) electrons. The number of pyridine rings is 7. The molecule has 2 aliphatic heterocycles. The molecular formula is C104H102Cl5FN17O15S5+. The number of anilines is 9. The lowest BCUT2D eigenvalue weighted by atomic mass is 9.87. The summed E-state index contributed by atoms with van der Waals surface area (Å²) in [5.41, 5.74) is 12.0. The standard InChI is InChI=1S/C24H25ClN4O3S.C23H23ClFN3O3S.C23H21ClN4O3S.C21H21ClN4O3S.C13H11ClN2O3S/c1-24(2,3)16-8-10-18(11-9-16)33(31,32)28-20-14-17(25)15-27-22(20)23(30)29-13-12-26-19-6-4-5-7-21(19)29;1-23(2,3)15-9-11-17(12-10-15)32(30,31)27-19-13-16(24)14-26-21(19)22(29)28(4)20-8-6-5-7-18(20)25;1-23(2,3)16-4-6-18(7-5-16)32(30,31)27-19-13-17(24)14-26-21(19)22(29)15-8-10-28-11-9-25-20(28)12-15;1-21(2,3)13-7-9-15(10-8-13)30(28,29)26-17-11-14(22)12-24-19(17)20(27)16-5-4-6-18(23)25-16;1-20(18,19)16-12-3-2-10(14)8-11(12)13(17)9-4-6-15-7-5-9/h4-11,14-15,26,28H,12-13H2,1-3H3;5-14,27H,1-4H3;4-8,10-14H,9H2,1-3H3;4-12,26H,1-3H3,(H2,23,25);2-8,16H,1H3/p+1. The number of carbonyl (C=O) groups excluding carboxylic acids is 5. The number of nitrogen functional groups attached to an aromatic ring is 1. The van der Waals surface area contributed by atoms with E-state index in [1.807, 2.05) is 97.0 Å². The van der Waals surface area contributed by atoms with Crippen molar-refractivity contribution in [2.24, 2.45) is 4.99 Å². The van der Waals surface area contributed by atoms with Crippen molar-refractivity contribution in [1.82, 2.24) is 29.9 Å². The molecule has 147 heavy (non-hydrogen) atoms. The van der Waals surface area contributed by atoms with Crippen LogP contribution in [-0.4, -0.2) is 134 Å². The molecule has 0 atom stereocenters. The number of benzene rings is 7. The monoisotopic (exact) mass is 2180 g/mol. The lowest BCUT2D eigenvalue weighted by Crippen LogP contribution is -2.39. The van der Waals surface area contributed by atoms with Crippen molar-refractivity contribution in [3.63, 3.8) is 0 Å². The largest absolute Gasteiger partial charge is 0.384 e. The Labute approximate surface area is 876 Å². The molecule has 7 aromatic heterocycles. The number of rotatable bonds is 23. The Morgan fingerprint density at radius 1 is 0.435 bits per heavy atom. The zero-order chi connectivity index (χ0) is 107. The number of amides is 2. The minimum Gasteiger partial charge on any atom is -0.384 e. The molecule has 764 valence electrons. The van der Waals surface area contributed by atoms with Crippen LogP contribution in [0.5, 0.6) is 0 Å². The highest BCUT2D eigenvalue weighted by Crippen LogP contribution is 2.37. The van der Waals surface area contributed by atoms with Crippen molar-refractivity contribution < 1.29 is 74.7 Å². The maximum atomic E-state index is 14.1. The molecule has 0 fully saturated rings. The molecule has 9 heterocycles. The zero-order valence-electron chi connectivity index (χ0n) is 81.7. The van der Waals surface area contributed by atoms with E-state index in [9.17, 15) is 70.5 Å². The van der Waals surface area contributed by atoms with Gasteiger partial charge < -0.3 is 20.9 Å². The number of fused-ring (bicyclic) bond motifs is 2. The molecule has 0 saturated heterocycles. The number of aromatic nitrogens is 7. The van der Waals surface area contributed by atoms with Gasteiger partial charge in [0.2, 0.25) is 21.6 Å². The molecule has 7 aromatic carbocycles. The van der Waals surface area contributed by atoms with Gasteiger partial charge in [-0.15, -0.1) is 0 Å². The van der Waals surface area contributed by atoms with Crippen LogP contribution in [0.15, 0.2) is 298 Å². The van der Waals surface area contributed by atoms with Gasteiger partial charge in [-0.05, 0) is 190 Å². The Morgan fingerprint density at radius 3 is 1.29 bits per heavy atom. The van der Waals surface area contributed by atoms with Crippen LogP contribution in [0.2, 0.25) is 25.1 Å². The number of halogens is 6. The van der Waals surface area contributed by atoms with E-state index in [4.69, 9.17) is 63.7 Å². The summed E-state index contributed by atoms with van der Waals surface area (Å²) in [6.07, 6.45) is 12.7. The van der Waals surface area contributed by atoms with E-state index in [-0.39, 0.29) is 141 Å². The summed E-state index contributed by atoms with van der Waals surface area (Å²) < 4.78 is 155. The second-order valence-corrected chi connectivity index (χ2v) is 48.0. The van der Waals surface area contributed by atoms with Gasteiger partial charge in [0.05, 0.1) is 97.6 Å². The quantitative estimate of drug-likeness (QED) is 0.0231. The molecule has 0 saturated carbocycles. The molecule has 0 bridgehead atoms. The average molecular weight is 2190 g/mol. The van der Waals surface area contributed by atoms with E-state index in [2.05, 4.69) is 84.6 Å². The summed E-state index contributed by atoms with van der Waals surface area (Å²) in [7, 11) is -18.1. The Morgan fingerprint density at radius 2 is 0.850 bits per heavy atom. The first kappa shape index (κ1) is 112. The van der Waals surface area contributed by atoms with Gasteiger partial charge in [-0.25, -0.2) is 75.6 Å². The second kappa shape index (κ2) is 45.9. The van der Waals surface area contributed by atoms with Gasteiger partial charge in [-0.1, -0.05) is 225 Å². The van der Waals surface area contributed by atoms with Crippen molar-refractivity contribution >= 4 is 189 Å². The maximum absolute atomic E-state index is 14.1. The van der Waals surface area contributed by atoms with Crippen LogP contribution in [0.4, 0.5) is 55.7 Å². The summed E-state index contributed by atoms with van der Waals surface area (Å²) in [5.74, 6) is -2.91. The topological polar surface area (TPSA) is 456 Å². The summed E-state index contributed by atoms with van der Waals surface area (Å²) >= 11 is 30.0. The molecule has 16 rings (SSSR count). The third-order valence-corrected chi connectivity index (χ3v) is 29.4. The van der Waals surface area contributed by atoms with E-state index in [1.54, 1.807) is 108 Å². The molecule has 2 amide bonds. The molecule has 2 aliphatic rings. The molecule has 0 spiro atoms. The molecule has 14 aromatic rings. The summed E-state index contributed by atoms with van der Waals surface area (Å²) in [6.45, 7) is 26.0. The molecule has 0 aliphatic carbocycles. The predicted molar refractivity (Wildman–Crippen MR) is 572 cm³/mol. The number of nitrogens with one attached hydrogen (secondary N) is 6. The Hall–Kier alpha value is -14.1. The molecule has 0 unspecified atom stereocenters. The lowest BCUT2D eigenvalue weighted by molar-refractivity contribution is -0.522. The predicted octanol–water partition coefficient (Wildman–Crippen LogP) is 19.5.